The van der Waals surface area contributed by atoms with E-state index < -0.39 is 0 Å². The Balaban J connectivity index is 0.00000248. The Morgan fingerprint density at radius 3 is 2.53 bits per heavy atom. The predicted octanol–water partition coefficient (Wildman–Crippen LogP) is 8.65. The molecule has 0 aliphatic heterocycles. The fourth-order valence-corrected chi connectivity index (χ4v) is 5.66. The van der Waals surface area contributed by atoms with Gasteiger partial charge in [-0.3, -0.25) is 0 Å². The first-order valence-electron chi connectivity index (χ1n) is 14.9. The van der Waals surface area contributed by atoms with Crippen LogP contribution < -0.4 is 10.6 Å². The lowest BCUT2D eigenvalue weighted by Gasteiger charge is -2.14. The van der Waals surface area contributed by atoms with Crippen molar-refractivity contribution >= 4 is 16.8 Å². The third kappa shape index (κ3) is 8.80. The van der Waals surface area contributed by atoms with Crippen LogP contribution >= 0.6 is 0 Å². The number of anilines is 1. The molecule has 3 aromatic rings. The number of rotatable bonds is 13. The monoisotopic (exact) mass is 576 g/mol. The van der Waals surface area contributed by atoms with Crippen LogP contribution in [0, 0.1) is 31.5 Å². The van der Waals surface area contributed by atoms with E-state index in [0.29, 0.717) is 17.6 Å². The number of nitrogens with one attached hydrogen (secondary N) is 3. The Labute approximate surface area is 257 Å². The maximum Gasteiger partial charge on any atom is 0.131 e. The number of aryl methyl sites for hydroxylation is 1. The Kier molecular flexibility index (Phi) is 13.0. The lowest BCUT2D eigenvalue weighted by Crippen LogP contribution is -2.23. The highest BCUT2D eigenvalue weighted by Gasteiger charge is 2.17. The Bertz CT molecular complexity index is 1500. The first-order chi connectivity index (χ1) is 21.0. The molecule has 4 rings (SSSR count). The van der Waals surface area contributed by atoms with Crippen molar-refractivity contribution in [3.05, 3.63) is 131 Å². The lowest BCUT2D eigenvalue weighted by molar-refractivity contribution is 0.503. The zero-order chi connectivity index (χ0) is 31.2. The number of allylic oxidation sites excluding steroid dienone is 5. The van der Waals surface area contributed by atoms with Gasteiger partial charge in [0.25, 0.3) is 0 Å². The molecule has 1 aromatic heterocycles. The smallest absolute Gasteiger partial charge is 0.131 e. The molecule has 1 heterocycles. The first-order valence-corrected chi connectivity index (χ1v) is 14.9. The predicted molar refractivity (Wildman–Crippen MR) is 182 cm³/mol. The van der Waals surface area contributed by atoms with Gasteiger partial charge in [0.1, 0.15) is 11.6 Å². The van der Waals surface area contributed by atoms with Crippen LogP contribution in [0.25, 0.3) is 11.1 Å². The molecule has 0 bridgehead atoms. The molecule has 5 heteroatoms. The van der Waals surface area contributed by atoms with Gasteiger partial charge < -0.3 is 15.6 Å². The summed E-state index contributed by atoms with van der Waals surface area (Å²) in [6.45, 7) is 13.8. The SMILES string of the molecule is C#C.C=C/C=C(/c1ccccc1F)c1nc(Cc2cc(C(/C=C(\C=C)CNCC3CCCC3)=C/C)ccc2NC)[nH]c1C. The van der Waals surface area contributed by atoms with Gasteiger partial charge in [-0.1, -0.05) is 80.6 Å². The van der Waals surface area contributed by atoms with Crippen LogP contribution in [-0.4, -0.2) is 30.1 Å². The van der Waals surface area contributed by atoms with Crippen LogP contribution in [0.15, 0.2) is 91.6 Å². The van der Waals surface area contributed by atoms with E-state index >= 15 is 0 Å². The largest absolute Gasteiger partial charge is 0.388 e. The normalized spacial score (nSPS) is 14.2. The Hall–Kier alpha value is -4.40. The van der Waals surface area contributed by atoms with Gasteiger partial charge >= 0.3 is 0 Å². The Morgan fingerprint density at radius 1 is 1.14 bits per heavy atom. The highest BCUT2D eigenvalue weighted by atomic mass is 19.1. The van der Waals surface area contributed by atoms with Gasteiger partial charge in [-0.2, -0.15) is 0 Å². The minimum absolute atomic E-state index is 0.283. The summed E-state index contributed by atoms with van der Waals surface area (Å²) in [5.41, 5.74) is 8.46. The molecule has 0 saturated heterocycles. The number of halogens is 1. The van der Waals surface area contributed by atoms with E-state index in [0.717, 1.165) is 58.6 Å². The van der Waals surface area contributed by atoms with Crippen molar-refractivity contribution in [3.63, 3.8) is 0 Å². The number of nitrogens with zero attached hydrogens (tertiary/aromatic N) is 1. The van der Waals surface area contributed by atoms with Crippen molar-refractivity contribution in [2.75, 3.05) is 25.5 Å². The van der Waals surface area contributed by atoms with Crippen molar-refractivity contribution in [1.82, 2.24) is 15.3 Å². The molecule has 43 heavy (non-hydrogen) atoms. The summed E-state index contributed by atoms with van der Waals surface area (Å²) in [4.78, 5) is 8.36. The number of aromatic nitrogens is 2. The molecule has 4 nitrogen and oxygen atoms in total. The van der Waals surface area contributed by atoms with Gasteiger partial charge in [0.15, 0.2) is 0 Å². The summed E-state index contributed by atoms with van der Waals surface area (Å²) in [6.07, 6.45) is 23.8. The fraction of sp³-hybridized carbons (Fsp3) is 0.289. The average molecular weight is 577 g/mol. The molecule has 1 aliphatic rings. The van der Waals surface area contributed by atoms with E-state index in [9.17, 15) is 4.39 Å². The summed E-state index contributed by atoms with van der Waals surface area (Å²) in [5.74, 6) is 1.34. The molecule has 0 spiro atoms. The first kappa shape index (κ1) is 33.1. The van der Waals surface area contributed by atoms with Crippen LogP contribution in [0.5, 0.6) is 0 Å². The number of terminal acetylenes is 1. The molecule has 3 N–H and O–H groups in total. The molecule has 0 radical (unpaired) electrons. The minimum Gasteiger partial charge on any atom is -0.388 e. The Morgan fingerprint density at radius 2 is 1.88 bits per heavy atom. The molecule has 0 atom stereocenters. The number of aromatic amines is 1. The van der Waals surface area contributed by atoms with Crippen molar-refractivity contribution in [1.29, 1.82) is 0 Å². The van der Waals surface area contributed by atoms with E-state index in [4.69, 9.17) is 4.98 Å². The molecule has 0 amide bonds. The maximum atomic E-state index is 14.7. The van der Waals surface area contributed by atoms with Gasteiger partial charge in [-0.25, -0.2) is 9.37 Å². The molecular weight excluding hydrogens is 531 g/mol. The standard InChI is InChI=1S/C36H43FN4.C2H2/c1-6-13-32(31-16-11-12-17-33(31)37)36-25(4)40-35(41-36)22-30-21-29(18-19-34(30)38-5)28(8-3)20-26(7-2)23-39-24-27-14-9-10-15-27;1-2/h6-8,11-13,16-21,27,38-39H,1-2,9-10,14-15,22-24H2,3-5H3,(H,40,41);1-2H/b26-20+,28-8+,32-13-;. The topological polar surface area (TPSA) is 52.7 Å². The fourth-order valence-electron chi connectivity index (χ4n) is 5.66. The van der Waals surface area contributed by atoms with Gasteiger partial charge in [0.05, 0.1) is 5.69 Å². The van der Waals surface area contributed by atoms with E-state index in [1.54, 1.807) is 18.2 Å². The zero-order valence-corrected chi connectivity index (χ0v) is 25.8. The van der Waals surface area contributed by atoms with Crippen LogP contribution in [0.3, 0.4) is 0 Å². The maximum absolute atomic E-state index is 14.7. The molecule has 0 unspecified atom stereocenters. The van der Waals surface area contributed by atoms with Gasteiger partial charge in [0, 0.05) is 42.5 Å². The van der Waals surface area contributed by atoms with Crippen LogP contribution in [0.1, 0.15) is 66.5 Å². The van der Waals surface area contributed by atoms with Gasteiger partial charge in [0.2, 0.25) is 0 Å². The third-order valence-corrected chi connectivity index (χ3v) is 7.85. The van der Waals surface area contributed by atoms with Crippen molar-refractivity contribution in [2.24, 2.45) is 5.92 Å². The van der Waals surface area contributed by atoms with E-state index in [2.05, 4.69) is 78.9 Å². The second kappa shape index (κ2) is 16.9. The minimum atomic E-state index is -0.283. The van der Waals surface area contributed by atoms with Crippen LogP contribution in [0.4, 0.5) is 10.1 Å². The molecule has 2 aromatic carbocycles. The summed E-state index contributed by atoms with van der Waals surface area (Å²) >= 11 is 0. The second-order valence-electron chi connectivity index (χ2n) is 10.7. The van der Waals surface area contributed by atoms with Gasteiger partial charge in [-0.15, -0.1) is 12.8 Å². The molecule has 224 valence electrons. The molecule has 1 fully saturated rings. The van der Waals surface area contributed by atoms with Crippen LogP contribution in [-0.2, 0) is 6.42 Å². The molecular formula is C38H45FN4. The summed E-state index contributed by atoms with van der Waals surface area (Å²) in [5, 5.41) is 6.97. The van der Waals surface area contributed by atoms with E-state index in [1.807, 2.05) is 32.2 Å². The molecule has 1 aliphatic carbocycles. The number of imidazole rings is 1. The molecule has 1 saturated carbocycles. The summed E-state index contributed by atoms with van der Waals surface area (Å²) in [6, 6.07) is 13.3. The van der Waals surface area contributed by atoms with Crippen molar-refractivity contribution < 1.29 is 4.39 Å². The van der Waals surface area contributed by atoms with Crippen molar-refractivity contribution in [3.8, 4) is 12.8 Å². The van der Waals surface area contributed by atoms with E-state index in [1.165, 1.54) is 37.3 Å². The lowest BCUT2D eigenvalue weighted by atomic mass is 9.98. The summed E-state index contributed by atoms with van der Waals surface area (Å²) in [7, 11) is 1.93. The number of H-pyrrole nitrogens is 1. The summed E-state index contributed by atoms with van der Waals surface area (Å²) < 4.78 is 14.7. The highest BCUT2D eigenvalue weighted by Crippen LogP contribution is 2.30. The van der Waals surface area contributed by atoms with Crippen molar-refractivity contribution in [2.45, 2.75) is 46.0 Å². The number of benzene rings is 2. The zero-order valence-electron chi connectivity index (χ0n) is 25.8. The average Bonchev–Trinajstić information content (AvgIpc) is 3.68. The van der Waals surface area contributed by atoms with E-state index in [-0.39, 0.29) is 5.82 Å². The number of hydrogen-bond donors (Lipinski definition) is 3. The number of hydrogen-bond acceptors (Lipinski definition) is 3. The van der Waals surface area contributed by atoms with Crippen LogP contribution in [0.2, 0.25) is 0 Å². The quantitative estimate of drug-likeness (QED) is 0.141. The van der Waals surface area contributed by atoms with Gasteiger partial charge in [-0.05, 0) is 79.6 Å². The second-order valence-corrected chi connectivity index (χ2v) is 10.7. The highest BCUT2D eigenvalue weighted by molar-refractivity contribution is 5.80. The third-order valence-electron chi connectivity index (χ3n) is 7.85.